The second-order valence-electron chi connectivity index (χ2n) is 18.8. The molecule has 14 rings (SSSR count). The fourth-order valence-electron chi connectivity index (χ4n) is 11.1. The summed E-state index contributed by atoms with van der Waals surface area (Å²) in [4.78, 5) is 21.5. The molecule has 3 heterocycles. The van der Waals surface area contributed by atoms with E-state index in [1.165, 1.54) is 31.4 Å². The number of aromatic nitrogens is 5. The number of hydrogen-bond donors (Lipinski definition) is 0. The van der Waals surface area contributed by atoms with E-state index < -0.39 is 10.0 Å². The van der Waals surface area contributed by atoms with Crippen molar-refractivity contribution in [1.29, 1.82) is 0 Å². The lowest BCUT2D eigenvalue weighted by molar-refractivity contribution is 0.892. The van der Waals surface area contributed by atoms with E-state index in [-0.39, 0.29) is 0 Å². The molecule has 0 aliphatic rings. The Labute approximate surface area is 436 Å². The van der Waals surface area contributed by atoms with Gasteiger partial charge in [-0.3, -0.25) is 9.13 Å². The summed E-state index contributed by atoms with van der Waals surface area (Å²) in [5.74, 6) is 1.65. The minimum absolute atomic E-state index is 0.536. The molecule has 0 spiro atoms. The van der Waals surface area contributed by atoms with E-state index in [1.807, 2.05) is 0 Å². The van der Waals surface area contributed by atoms with Crippen molar-refractivity contribution in [1.82, 2.24) is 24.1 Å². The molecule has 5 nitrogen and oxygen atoms in total. The van der Waals surface area contributed by atoms with Crippen LogP contribution in [-0.2, 0) is 0 Å². The highest BCUT2D eigenvalue weighted by molar-refractivity contribution is 8.34. The normalized spacial score (nSPS) is 11.9. The predicted octanol–water partition coefficient (Wildman–Crippen LogP) is 18.1. The SMILES string of the molecule is c1ccc(-c2cccc(S(c3ccccc3)(c3cccc(-c4ccccc4)c3)c3cccc(-c4nc(-n5c6ccccc6c6ccccc65)nc(-n5c6ccccc6c6cc(-c7ccccc7)ccc65)n4)c3)c2)cc1. The molecule has 0 bridgehead atoms. The quantitative estimate of drug-likeness (QED) is 0.137. The minimum atomic E-state index is -2.23. The Kier molecular flexibility index (Phi) is 10.9. The van der Waals surface area contributed by atoms with Crippen molar-refractivity contribution in [2.45, 2.75) is 19.6 Å². The highest BCUT2D eigenvalue weighted by Crippen LogP contribution is 2.74. The molecule has 6 heteroatoms. The summed E-state index contributed by atoms with van der Waals surface area (Å²) in [5.41, 5.74) is 11.9. The molecule has 0 saturated carbocycles. The van der Waals surface area contributed by atoms with Gasteiger partial charge in [0.15, 0.2) is 5.82 Å². The van der Waals surface area contributed by atoms with Crippen molar-refractivity contribution >= 4 is 53.6 Å². The Morgan fingerprint density at radius 1 is 0.227 bits per heavy atom. The lowest BCUT2D eigenvalue weighted by Crippen LogP contribution is -2.10. The number of rotatable bonds is 10. The van der Waals surface area contributed by atoms with Crippen LogP contribution in [0.2, 0.25) is 0 Å². The van der Waals surface area contributed by atoms with E-state index in [4.69, 9.17) is 15.0 Å². The third-order valence-corrected chi connectivity index (χ3v) is 18.4. The summed E-state index contributed by atoms with van der Waals surface area (Å²) in [7, 11) is -2.23. The van der Waals surface area contributed by atoms with E-state index in [0.717, 1.165) is 70.8 Å². The molecule has 0 fully saturated rings. The average molecular weight is 978 g/mol. The van der Waals surface area contributed by atoms with Gasteiger partial charge in [-0.15, -0.1) is 10.0 Å². The monoisotopic (exact) mass is 977 g/mol. The molecule has 11 aromatic carbocycles. The van der Waals surface area contributed by atoms with Crippen molar-refractivity contribution in [2.24, 2.45) is 0 Å². The molecule has 0 atom stereocenters. The molecule has 0 amide bonds. The smallest absolute Gasteiger partial charge is 0.240 e. The molecule has 354 valence electrons. The third-order valence-electron chi connectivity index (χ3n) is 14.5. The zero-order valence-electron chi connectivity index (χ0n) is 40.8. The number of fused-ring (bicyclic) bond motifs is 6. The number of para-hydroxylation sites is 3. The van der Waals surface area contributed by atoms with E-state index in [2.05, 4.69) is 294 Å². The van der Waals surface area contributed by atoms with Crippen molar-refractivity contribution in [3.63, 3.8) is 0 Å². The first-order valence-corrected chi connectivity index (χ1v) is 27.0. The predicted molar refractivity (Wildman–Crippen MR) is 310 cm³/mol. The van der Waals surface area contributed by atoms with Gasteiger partial charge in [-0.1, -0.05) is 206 Å². The number of nitrogens with zero attached hydrogens (tertiary/aromatic N) is 5. The first kappa shape index (κ1) is 44.1. The van der Waals surface area contributed by atoms with E-state index in [9.17, 15) is 0 Å². The molecule has 0 radical (unpaired) electrons. The van der Waals surface area contributed by atoms with E-state index >= 15 is 0 Å². The summed E-state index contributed by atoms with van der Waals surface area (Å²) in [5, 5.41) is 4.52. The highest BCUT2D eigenvalue weighted by atomic mass is 32.3. The van der Waals surface area contributed by atoms with Gasteiger partial charge in [0, 0.05) is 46.7 Å². The summed E-state index contributed by atoms with van der Waals surface area (Å²) in [6.07, 6.45) is 0. The molecule has 3 aromatic heterocycles. The largest absolute Gasteiger partial charge is 0.278 e. The van der Waals surface area contributed by atoms with Crippen LogP contribution in [0, 0.1) is 0 Å². The molecule has 0 saturated heterocycles. The summed E-state index contributed by atoms with van der Waals surface area (Å²) in [6.45, 7) is 0. The van der Waals surface area contributed by atoms with Crippen molar-refractivity contribution in [3.05, 3.63) is 285 Å². The van der Waals surface area contributed by atoms with Crippen LogP contribution in [0.5, 0.6) is 0 Å². The minimum Gasteiger partial charge on any atom is -0.278 e. The zero-order chi connectivity index (χ0) is 49.7. The van der Waals surface area contributed by atoms with Crippen LogP contribution in [0.25, 0.3) is 100 Å². The summed E-state index contributed by atoms with van der Waals surface area (Å²) < 4.78 is 4.42. The molecule has 75 heavy (non-hydrogen) atoms. The van der Waals surface area contributed by atoms with Gasteiger partial charge in [-0.05, 0) is 112 Å². The molecule has 0 aliphatic carbocycles. The van der Waals surface area contributed by atoms with Crippen molar-refractivity contribution in [3.8, 4) is 56.7 Å². The molecule has 14 aromatic rings. The molecule has 0 N–H and O–H groups in total. The van der Waals surface area contributed by atoms with Gasteiger partial charge >= 0.3 is 0 Å². The van der Waals surface area contributed by atoms with Gasteiger partial charge < -0.3 is 0 Å². The lowest BCUT2D eigenvalue weighted by atomic mass is 10.0. The van der Waals surface area contributed by atoms with Gasteiger partial charge in [0.05, 0.1) is 22.1 Å². The molecular formula is C69H47N5S. The second-order valence-corrected chi connectivity index (χ2v) is 21.9. The fourth-order valence-corrected chi connectivity index (χ4v) is 15.0. The van der Waals surface area contributed by atoms with Crippen molar-refractivity contribution in [2.75, 3.05) is 0 Å². The lowest BCUT2D eigenvalue weighted by Gasteiger charge is -2.42. The van der Waals surface area contributed by atoms with E-state index in [0.29, 0.717) is 17.7 Å². The molecular weight excluding hydrogens is 931 g/mol. The second kappa shape index (κ2) is 18.5. The van der Waals surface area contributed by atoms with Gasteiger partial charge in [0.25, 0.3) is 0 Å². The first-order chi connectivity index (χ1) is 37.2. The number of hydrogen-bond acceptors (Lipinski definition) is 3. The van der Waals surface area contributed by atoms with E-state index in [1.54, 1.807) is 0 Å². The van der Waals surface area contributed by atoms with Crippen LogP contribution in [-0.4, -0.2) is 24.1 Å². The van der Waals surface area contributed by atoms with Gasteiger partial charge in [-0.2, -0.15) is 15.0 Å². The van der Waals surface area contributed by atoms with Crippen molar-refractivity contribution < 1.29 is 0 Å². The van der Waals surface area contributed by atoms with Crippen LogP contribution in [0.1, 0.15) is 0 Å². The standard InChI is InChI=1S/C69H47N5S/c1-5-22-48(23-6-1)51-28-19-33-56(44-51)75(55-31-11-4-12-32-55,57-34-20-29-52(45-57)49-24-7-2-8-25-49)58-35-21-30-54(46-58)67-70-68(73-63-39-16-13-36-59(63)60-37-14-17-40-64(60)73)72-69(71-67)74-65-41-18-15-38-61(65)62-47-53(42-43-66(62)74)50-26-9-3-10-27-50/h1-47H. The topological polar surface area (TPSA) is 48.5 Å². The van der Waals surface area contributed by atoms with Crippen LogP contribution in [0.15, 0.2) is 305 Å². The van der Waals surface area contributed by atoms with Gasteiger partial charge in [-0.25, -0.2) is 0 Å². The fraction of sp³-hybridized carbons (Fsp3) is 0. The van der Waals surface area contributed by atoms with Crippen LogP contribution in [0.4, 0.5) is 0 Å². The highest BCUT2D eigenvalue weighted by Gasteiger charge is 2.35. The van der Waals surface area contributed by atoms with Gasteiger partial charge in [0.2, 0.25) is 11.9 Å². The number of benzene rings is 11. The molecule has 0 aliphatic heterocycles. The maximum Gasteiger partial charge on any atom is 0.240 e. The Balaban J connectivity index is 1.05. The van der Waals surface area contributed by atoms with Crippen LogP contribution in [0.3, 0.4) is 0 Å². The Bertz CT molecular complexity index is 4280. The summed E-state index contributed by atoms with van der Waals surface area (Å²) in [6, 6.07) is 103. The molecule has 0 unspecified atom stereocenters. The maximum absolute atomic E-state index is 5.58. The van der Waals surface area contributed by atoms with Gasteiger partial charge in [0.1, 0.15) is 0 Å². The average Bonchev–Trinajstić information content (AvgIpc) is 4.02. The Hall–Kier alpha value is -9.62. The maximum atomic E-state index is 5.58. The van der Waals surface area contributed by atoms with Crippen LogP contribution >= 0.6 is 10.0 Å². The zero-order valence-corrected chi connectivity index (χ0v) is 41.6. The Morgan fingerprint density at radius 2 is 0.560 bits per heavy atom. The third kappa shape index (κ3) is 7.53. The first-order valence-electron chi connectivity index (χ1n) is 25.3. The van der Waals surface area contributed by atoms with Crippen LogP contribution < -0.4 is 0 Å². The Morgan fingerprint density at radius 3 is 1.03 bits per heavy atom. The summed E-state index contributed by atoms with van der Waals surface area (Å²) >= 11 is 0.